The van der Waals surface area contributed by atoms with E-state index >= 15 is 0 Å². The summed E-state index contributed by atoms with van der Waals surface area (Å²) in [6, 6.07) is 11.1. The van der Waals surface area contributed by atoms with Gasteiger partial charge in [0, 0.05) is 17.4 Å². The zero-order valence-corrected chi connectivity index (χ0v) is 9.04. The lowest BCUT2D eigenvalue weighted by atomic mass is 10.2. The van der Waals surface area contributed by atoms with Crippen LogP contribution in [-0.2, 0) is 0 Å². The third-order valence-electron chi connectivity index (χ3n) is 2.54. The van der Waals surface area contributed by atoms with Gasteiger partial charge in [0.1, 0.15) is 0 Å². The Morgan fingerprint density at radius 2 is 1.94 bits per heavy atom. The van der Waals surface area contributed by atoms with Crippen LogP contribution >= 0.6 is 0 Å². The monoisotopic (exact) mass is 225 g/mol. The van der Waals surface area contributed by atoms with Crippen molar-refractivity contribution in [3.05, 3.63) is 42.6 Å². The summed E-state index contributed by atoms with van der Waals surface area (Å²) in [4.78, 5) is 4.39. The minimum Gasteiger partial charge on any atom is -0.399 e. The Morgan fingerprint density at radius 3 is 2.71 bits per heavy atom. The maximum absolute atomic E-state index is 5.83. The molecule has 1 aromatic carbocycles. The molecule has 0 spiro atoms. The topological polar surface area (TPSA) is 82.2 Å². The highest BCUT2D eigenvalue weighted by Crippen LogP contribution is 2.20. The summed E-state index contributed by atoms with van der Waals surface area (Å²) in [5.74, 6) is 0.621. The molecule has 3 rings (SSSR count). The summed E-state index contributed by atoms with van der Waals surface area (Å²) in [5.41, 5.74) is 14.4. The molecule has 5 heteroatoms. The van der Waals surface area contributed by atoms with E-state index in [4.69, 9.17) is 11.5 Å². The average molecular weight is 225 g/mol. The largest absolute Gasteiger partial charge is 0.399 e. The predicted octanol–water partition coefficient (Wildman–Crippen LogP) is 1.56. The first-order valence-electron chi connectivity index (χ1n) is 5.21. The molecule has 2 heterocycles. The Hall–Kier alpha value is -2.56. The van der Waals surface area contributed by atoms with Crippen molar-refractivity contribution in [1.29, 1.82) is 0 Å². The van der Waals surface area contributed by atoms with Crippen LogP contribution in [0.5, 0.6) is 0 Å². The summed E-state index contributed by atoms with van der Waals surface area (Å²) in [5, 5.41) is 4.35. The van der Waals surface area contributed by atoms with Crippen molar-refractivity contribution in [1.82, 2.24) is 14.6 Å². The highest BCUT2D eigenvalue weighted by Gasteiger charge is 2.07. The predicted molar refractivity (Wildman–Crippen MR) is 67.2 cm³/mol. The van der Waals surface area contributed by atoms with Crippen LogP contribution in [-0.4, -0.2) is 14.6 Å². The zero-order valence-electron chi connectivity index (χ0n) is 9.04. The molecular weight excluding hydrogens is 214 g/mol. The fourth-order valence-corrected chi connectivity index (χ4v) is 1.73. The van der Waals surface area contributed by atoms with Gasteiger partial charge in [-0.15, -0.1) is 5.10 Å². The van der Waals surface area contributed by atoms with Gasteiger partial charge >= 0.3 is 0 Å². The van der Waals surface area contributed by atoms with Gasteiger partial charge in [-0.1, -0.05) is 12.1 Å². The van der Waals surface area contributed by atoms with Gasteiger partial charge in [-0.2, -0.15) is 0 Å². The molecule has 0 aliphatic carbocycles. The number of hydrogen-bond acceptors (Lipinski definition) is 4. The van der Waals surface area contributed by atoms with Crippen LogP contribution in [0.3, 0.4) is 0 Å². The first-order valence-corrected chi connectivity index (χ1v) is 5.21. The molecule has 2 aromatic heterocycles. The summed E-state index contributed by atoms with van der Waals surface area (Å²) in [6.45, 7) is 0. The number of nitrogen functional groups attached to an aromatic ring is 2. The van der Waals surface area contributed by atoms with Crippen molar-refractivity contribution >= 4 is 17.0 Å². The van der Waals surface area contributed by atoms with E-state index in [1.165, 1.54) is 0 Å². The lowest BCUT2D eigenvalue weighted by molar-refractivity contribution is 0.967. The van der Waals surface area contributed by atoms with Crippen molar-refractivity contribution in [3.8, 4) is 11.4 Å². The van der Waals surface area contributed by atoms with Gasteiger partial charge in [0.25, 0.3) is 0 Å². The van der Waals surface area contributed by atoms with E-state index in [1.54, 1.807) is 10.6 Å². The number of anilines is 2. The molecule has 0 fully saturated rings. The summed E-state index contributed by atoms with van der Waals surface area (Å²) < 4.78 is 1.66. The summed E-state index contributed by atoms with van der Waals surface area (Å²) in [6.07, 6.45) is 1.81. The van der Waals surface area contributed by atoms with Gasteiger partial charge in [-0.3, -0.25) is 0 Å². The third kappa shape index (κ3) is 1.57. The Kier molecular flexibility index (Phi) is 1.98. The molecule has 3 aromatic rings. The van der Waals surface area contributed by atoms with E-state index in [-0.39, 0.29) is 0 Å². The highest BCUT2D eigenvalue weighted by molar-refractivity contribution is 5.69. The number of nitrogens with two attached hydrogens (primary N) is 2. The third-order valence-corrected chi connectivity index (χ3v) is 2.54. The standard InChI is InChI=1S/C12H11N5/c13-9-4-1-3-8(7-9)11-15-12-10(14)5-2-6-17(12)16-11/h1-7H,13-14H2. The maximum Gasteiger partial charge on any atom is 0.182 e. The van der Waals surface area contributed by atoms with Crippen LogP contribution < -0.4 is 11.5 Å². The molecular formula is C12H11N5. The molecule has 0 amide bonds. The molecule has 0 unspecified atom stereocenters. The fourth-order valence-electron chi connectivity index (χ4n) is 1.73. The second-order valence-electron chi connectivity index (χ2n) is 3.79. The first kappa shape index (κ1) is 9.65. The van der Waals surface area contributed by atoms with Crippen molar-refractivity contribution in [3.63, 3.8) is 0 Å². The Balaban J connectivity index is 2.22. The van der Waals surface area contributed by atoms with Crippen molar-refractivity contribution in [2.45, 2.75) is 0 Å². The molecule has 84 valence electrons. The van der Waals surface area contributed by atoms with Crippen molar-refractivity contribution in [2.75, 3.05) is 11.5 Å². The van der Waals surface area contributed by atoms with Crippen LogP contribution in [0.2, 0.25) is 0 Å². The molecule has 17 heavy (non-hydrogen) atoms. The second kappa shape index (κ2) is 3.48. The molecule has 0 atom stereocenters. The molecule has 0 radical (unpaired) electrons. The van der Waals surface area contributed by atoms with Crippen molar-refractivity contribution < 1.29 is 0 Å². The van der Waals surface area contributed by atoms with E-state index in [9.17, 15) is 0 Å². The van der Waals surface area contributed by atoms with Gasteiger partial charge in [0.2, 0.25) is 0 Å². The van der Waals surface area contributed by atoms with Crippen LogP contribution in [0.4, 0.5) is 11.4 Å². The zero-order chi connectivity index (χ0) is 11.8. The van der Waals surface area contributed by atoms with Crippen molar-refractivity contribution in [2.24, 2.45) is 0 Å². The van der Waals surface area contributed by atoms with Crippen LogP contribution in [0, 0.1) is 0 Å². The quantitative estimate of drug-likeness (QED) is 0.616. The van der Waals surface area contributed by atoms with Gasteiger partial charge in [-0.25, -0.2) is 9.50 Å². The van der Waals surface area contributed by atoms with Crippen LogP contribution in [0.15, 0.2) is 42.6 Å². The Bertz CT molecular complexity index is 686. The minimum absolute atomic E-state index is 0.607. The lowest BCUT2D eigenvalue weighted by Crippen LogP contribution is -1.92. The average Bonchev–Trinajstić information content (AvgIpc) is 2.74. The highest BCUT2D eigenvalue weighted by atomic mass is 15.3. The number of rotatable bonds is 1. The van der Waals surface area contributed by atoms with Gasteiger partial charge in [-0.05, 0) is 24.3 Å². The first-order chi connectivity index (χ1) is 8.24. The van der Waals surface area contributed by atoms with Crippen LogP contribution in [0.25, 0.3) is 17.0 Å². The molecule has 5 nitrogen and oxygen atoms in total. The Labute approximate surface area is 97.7 Å². The number of fused-ring (bicyclic) bond motifs is 1. The molecule has 0 saturated heterocycles. The second-order valence-corrected chi connectivity index (χ2v) is 3.79. The van der Waals surface area contributed by atoms with E-state index in [0.29, 0.717) is 22.8 Å². The SMILES string of the molecule is Nc1cccc(-c2nc3c(N)cccn3n2)c1. The molecule has 0 aliphatic rings. The van der Waals surface area contributed by atoms with E-state index < -0.39 is 0 Å². The number of aromatic nitrogens is 3. The summed E-state index contributed by atoms with van der Waals surface area (Å²) >= 11 is 0. The smallest absolute Gasteiger partial charge is 0.182 e. The van der Waals surface area contributed by atoms with E-state index in [2.05, 4.69) is 10.1 Å². The minimum atomic E-state index is 0.607. The number of pyridine rings is 1. The van der Waals surface area contributed by atoms with Gasteiger partial charge in [0.15, 0.2) is 11.5 Å². The summed E-state index contributed by atoms with van der Waals surface area (Å²) in [7, 11) is 0. The molecule has 0 bridgehead atoms. The number of benzene rings is 1. The normalized spacial score (nSPS) is 10.8. The number of hydrogen-bond donors (Lipinski definition) is 2. The van der Waals surface area contributed by atoms with E-state index in [0.717, 1.165) is 5.56 Å². The van der Waals surface area contributed by atoms with E-state index in [1.807, 2.05) is 36.5 Å². The maximum atomic E-state index is 5.83. The van der Waals surface area contributed by atoms with Crippen LogP contribution in [0.1, 0.15) is 0 Å². The lowest BCUT2D eigenvalue weighted by Gasteiger charge is -1.95. The van der Waals surface area contributed by atoms with Gasteiger partial charge in [0.05, 0.1) is 5.69 Å². The number of nitrogens with zero attached hydrogens (tertiary/aromatic N) is 3. The molecule has 0 aliphatic heterocycles. The van der Waals surface area contributed by atoms with Gasteiger partial charge < -0.3 is 11.5 Å². The fraction of sp³-hybridized carbons (Fsp3) is 0. The Morgan fingerprint density at radius 1 is 1.06 bits per heavy atom. The molecule has 4 N–H and O–H groups in total. The molecule has 0 saturated carbocycles.